The number of nitrogens with one attached hydrogen (secondary N) is 1. The van der Waals surface area contributed by atoms with Gasteiger partial charge in [-0.15, -0.1) is 5.10 Å². The molecule has 0 spiro atoms. The zero-order valence-electron chi connectivity index (χ0n) is 15.1. The summed E-state index contributed by atoms with van der Waals surface area (Å²) >= 11 is 1.33. The SMILES string of the molecule is COc1ccc2c(F)nn(C)c2c1NSc1ccc(N=C/C(C)=C\N)nc1. The number of aliphatic imine (C=N–C) groups is 1. The summed E-state index contributed by atoms with van der Waals surface area (Å²) in [6, 6.07) is 7.04. The first-order valence-corrected chi connectivity index (χ1v) is 8.85. The highest BCUT2D eigenvalue weighted by atomic mass is 32.2. The molecule has 140 valence electrons. The van der Waals surface area contributed by atoms with Crippen molar-refractivity contribution in [2.75, 3.05) is 11.8 Å². The molecular formula is C18H19FN6OS. The summed E-state index contributed by atoms with van der Waals surface area (Å²) in [5, 5.41) is 4.26. The highest BCUT2D eigenvalue weighted by Gasteiger charge is 2.16. The van der Waals surface area contributed by atoms with Crippen LogP contribution in [0.1, 0.15) is 6.92 Å². The number of ether oxygens (including phenoxy) is 1. The quantitative estimate of drug-likeness (QED) is 0.495. The summed E-state index contributed by atoms with van der Waals surface area (Å²) < 4.78 is 24.0. The van der Waals surface area contributed by atoms with Crippen LogP contribution in [-0.2, 0) is 7.05 Å². The second-order valence-electron chi connectivity index (χ2n) is 5.68. The first kappa shape index (κ1) is 18.7. The molecule has 9 heteroatoms. The fraction of sp³-hybridized carbons (Fsp3) is 0.167. The molecule has 0 bridgehead atoms. The van der Waals surface area contributed by atoms with E-state index in [-0.39, 0.29) is 0 Å². The average Bonchev–Trinajstić information content (AvgIpc) is 2.98. The zero-order chi connectivity index (χ0) is 19.4. The number of nitrogens with two attached hydrogens (primary N) is 1. The Kier molecular flexibility index (Phi) is 5.60. The van der Waals surface area contributed by atoms with Crippen molar-refractivity contribution in [3.8, 4) is 5.75 Å². The fourth-order valence-electron chi connectivity index (χ4n) is 2.41. The predicted molar refractivity (Wildman–Crippen MR) is 107 cm³/mol. The molecule has 0 unspecified atom stereocenters. The number of nitrogens with zero attached hydrogens (tertiary/aromatic N) is 4. The number of fused-ring (bicyclic) bond motifs is 1. The molecule has 0 aliphatic heterocycles. The van der Waals surface area contributed by atoms with Crippen LogP contribution in [0.3, 0.4) is 0 Å². The van der Waals surface area contributed by atoms with Gasteiger partial charge in [-0.3, -0.25) is 4.68 Å². The molecule has 0 fully saturated rings. The number of benzene rings is 1. The smallest absolute Gasteiger partial charge is 0.240 e. The molecular weight excluding hydrogens is 367 g/mol. The van der Waals surface area contributed by atoms with Crippen LogP contribution < -0.4 is 15.2 Å². The largest absolute Gasteiger partial charge is 0.494 e. The number of hydrogen-bond donors (Lipinski definition) is 2. The number of aromatic nitrogens is 3. The van der Waals surface area contributed by atoms with Crippen LogP contribution in [0.25, 0.3) is 10.9 Å². The van der Waals surface area contributed by atoms with Gasteiger partial charge in [-0.05, 0) is 54.9 Å². The lowest BCUT2D eigenvalue weighted by Gasteiger charge is -2.12. The van der Waals surface area contributed by atoms with E-state index in [0.717, 1.165) is 10.5 Å². The molecule has 0 radical (unpaired) electrons. The lowest BCUT2D eigenvalue weighted by molar-refractivity contribution is 0.417. The van der Waals surface area contributed by atoms with Crippen LogP contribution in [0.15, 0.2) is 52.1 Å². The van der Waals surface area contributed by atoms with E-state index in [2.05, 4.69) is 19.8 Å². The summed E-state index contributed by atoms with van der Waals surface area (Å²) in [6.07, 6.45) is 4.82. The van der Waals surface area contributed by atoms with Gasteiger partial charge < -0.3 is 15.2 Å². The normalized spacial score (nSPS) is 12.1. The molecule has 0 saturated heterocycles. The molecule has 3 N–H and O–H groups in total. The maximum atomic E-state index is 13.9. The standard InChI is InChI=1S/C18H19FN6OS/c1-11(8-20)9-21-15-7-4-12(10-22-15)27-24-16-14(26-3)6-5-13-17(16)25(2)23-18(13)19/h4-10,24H,20H2,1-3H3/b11-8-,21-9?. The van der Waals surface area contributed by atoms with Gasteiger partial charge in [0.25, 0.3) is 0 Å². The minimum absolute atomic E-state index is 0.424. The van der Waals surface area contributed by atoms with Crippen LogP contribution in [0, 0.1) is 5.95 Å². The number of methoxy groups -OCH3 is 1. The van der Waals surface area contributed by atoms with Crippen molar-refractivity contribution in [2.24, 2.45) is 17.8 Å². The second kappa shape index (κ2) is 8.09. The third kappa shape index (κ3) is 4.03. The van der Waals surface area contributed by atoms with E-state index < -0.39 is 5.95 Å². The Morgan fingerprint density at radius 2 is 2.19 bits per heavy atom. The summed E-state index contributed by atoms with van der Waals surface area (Å²) in [6.45, 7) is 1.85. The maximum absolute atomic E-state index is 13.9. The van der Waals surface area contributed by atoms with Gasteiger partial charge in [-0.2, -0.15) is 4.39 Å². The topological polar surface area (TPSA) is 90.3 Å². The van der Waals surface area contributed by atoms with Crippen LogP contribution >= 0.6 is 11.9 Å². The van der Waals surface area contributed by atoms with Crippen LogP contribution in [0.4, 0.5) is 15.9 Å². The highest BCUT2D eigenvalue weighted by molar-refractivity contribution is 8.00. The van der Waals surface area contributed by atoms with E-state index in [0.29, 0.717) is 28.2 Å². The van der Waals surface area contributed by atoms with Gasteiger partial charge in [-0.25, -0.2) is 9.98 Å². The molecule has 27 heavy (non-hydrogen) atoms. The van der Waals surface area contributed by atoms with Crippen molar-refractivity contribution < 1.29 is 9.13 Å². The van der Waals surface area contributed by atoms with Crippen molar-refractivity contribution in [1.29, 1.82) is 0 Å². The Morgan fingerprint density at radius 1 is 1.37 bits per heavy atom. The molecule has 0 atom stereocenters. The molecule has 2 heterocycles. The Labute approximate surface area is 160 Å². The summed E-state index contributed by atoms with van der Waals surface area (Å²) in [5.41, 5.74) is 7.52. The first-order chi connectivity index (χ1) is 13.0. The minimum Gasteiger partial charge on any atom is -0.494 e. The molecule has 2 aromatic heterocycles. The van der Waals surface area contributed by atoms with Gasteiger partial charge in [0, 0.05) is 24.4 Å². The summed E-state index contributed by atoms with van der Waals surface area (Å²) in [5.74, 6) is 0.652. The molecule has 7 nitrogen and oxygen atoms in total. The van der Waals surface area contributed by atoms with E-state index in [1.54, 1.807) is 44.8 Å². The number of anilines is 1. The molecule has 3 aromatic rings. The van der Waals surface area contributed by atoms with Gasteiger partial charge in [0.2, 0.25) is 5.95 Å². The fourth-order valence-corrected chi connectivity index (χ4v) is 3.07. The number of hydrogen-bond acceptors (Lipinski definition) is 7. The zero-order valence-corrected chi connectivity index (χ0v) is 15.9. The van der Waals surface area contributed by atoms with Gasteiger partial charge in [0.05, 0.1) is 18.0 Å². The van der Waals surface area contributed by atoms with Gasteiger partial charge in [-0.1, -0.05) is 0 Å². The van der Waals surface area contributed by atoms with Gasteiger partial charge in [0.1, 0.15) is 11.4 Å². The third-order valence-electron chi connectivity index (χ3n) is 3.80. The van der Waals surface area contributed by atoms with Gasteiger partial charge >= 0.3 is 0 Å². The Morgan fingerprint density at radius 3 is 2.85 bits per heavy atom. The van der Waals surface area contributed by atoms with E-state index in [4.69, 9.17) is 10.5 Å². The van der Waals surface area contributed by atoms with E-state index >= 15 is 0 Å². The number of aryl methyl sites for hydroxylation is 1. The lowest BCUT2D eigenvalue weighted by Crippen LogP contribution is -1.98. The van der Waals surface area contributed by atoms with Crippen molar-refractivity contribution in [3.05, 3.63) is 48.2 Å². The predicted octanol–water partition coefficient (Wildman–Crippen LogP) is 3.80. The number of pyridine rings is 1. The van der Waals surface area contributed by atoms with E-state index in [9.17, 15) is 4.39 Å². The monoisotopic (exact) mass is 386 g/mol. The van der Waals surface area contributed by atoms with Crippen LogP contribution in [0.2, 0.25) is 0 Å². The Balaban J connectivity index is 1.82. The molecule has 1 aromatic carbocycles. The Hall–Kier alpha value is -3.07. The highest BCUT2D eigenvalue weighted by Crippen LogP contribution is 2.37. The van der Waals surface area contributed by atoms with E-state index in [1.807, 2.05) is 13.0 Å². The summed E-state index contributed by atoms with van der Waals surface area (Å²) in [7, 11) is 3.25. The lowest BCUT2D eigenvalue weighted by atomic mass is 10.2. The van der Waals surface area contributed by atoms with Crippen molar-refractivity contribution in [2.45, 2.75) is 11.8 Å². The average molecular weight is 386 g/mol. The van der Waals surface area contributed by atoms with Crippen LogP contribution in [-0.4, -0.2) is 28.1 Å². The second-order valence-corrected chi connectivity index (χ2v) is 6.56. The number of halogens is 1. The van der Waals surface area contributed by atoms with Crippen molar-refractivity contribution in [1.82, 2.24) is 14.8 Å². The third-order valence-corrected chi connectivity index (χ3v) is 4.58. The minimum atomic E-state index is -0.520. The Bertz CT molecular complexity index is 1010. The molecule has 0 aliphatic carbocycles. The molecule has 3 rings (SSSR count). The number of allylic oxidation sites excluding steroid dienone is 1. The van der Waals surface area contributed by atoms with Gasteiger partial charge in [0.15, 0.2) is 5.82 Å². The van der Waals surface area contributed by atoms with Crippen molar-refractivity contribution in [3.63, 3.8) is 0 Å². The van der Waals surface area contributed by atoms with E-state index in [1.165, 1.54) is 22.8 Å². The molecule has 0 saturated carbocycles. The number of rotatable bonds is 6. The maximum Gasteiger partial charge on any atom is 0.240 e. The molecule has 0 amide bonds. The molecule has 0 aliphatic rings. The first-order valence-electron chi connectivity index (χ1n) is 8.04. The van der Waals surface area contributed by atoms with Crippen LogP contribution in [0.5, 0.6) is 5.75 Å². The summed E-state index contributed by atoms with van der Waals surface area (Å²) in [4.78, 5) is 9.38. The van der Waals surface area contributed by atoms with Crippen molar-refractivity contribution >= 4 is 40.6 Å².